The van der Waals surface area contributed by atoms with Gasteiger partial charge in [-0.1, -0.05) is 30.1 Å². The fourth-order valence-electron chi connectivity index (χ4n) is 1.63. The van der Waals surface area contributed by atoms with Crippen molar-refractivity contribution in [2.24, 2.45) is 0 Å². The molecule has 2 unspecified atom stereocenters. The molecule has 0 saturated carbocycles. The SMILES string of the molecule is CCC(NC(C)c1cc(F)c(Cl)cc1Cl)C(=O)O. The van der Waals surface area contributed by atoms with E-state index in [1.165, 1.54) is 12.1 Å². The summed E-state index contributed by atoms with van der Waals surface area (Å²) in [5.74, 6) is -1.53. The molecule has 0 heterocycles. The van der Waals surface area contributed by atoms with Crippen molar-refractivity contribution in [2.45, 2.75) is 32.4 Å². The molecule has 0 aliphatic heterocycles. The van der Waals surface area contributed by atoms with Gasteiger partial charge >= 0.3 is 5.97 Å². The third-order valence-electron chi connectivity index (χ3n) is 2.66. The first-order chi connectivity index (χ1) is 8.36. The van der Waals surface area contributed by atoms with E-state index in [-0.39, 0.29) is 11.1 Å². The van der Waals surface area contributed by atoms with E-state index in [1.807, 2.05) is 0 Å². The smallest absolute Gasteiger partial charge is 0.320 e. The number of rotatable bonds is 5. The van der Waals surface area contributed by atoms with Gasteiger partial charge in [0.1, 0.15) is 11.9 Å². The van der Waals surface area contributed by atoms with Gasteiger partial charge in [-0.3, -0.25) is 10.1 Å². The molecule has 1 aromatic rings. The van der Waals surface area contributed by atoms with Crippen LogP contribution >= 0.6 is 23.2 Å². The van der Waals surface area contributed by atoms with Crippen LogP contribution in [0.1, 0.15) is 31.9 Å². The Kier molecular flexibility index (Phi) is 5.38. The van der Waals surface area contributed by atoms with Gasteiger partial charge in [0.25, 0.3) is 0 Å². The molecular weight excluding hydrogens is 280 g/mol. The Bertz CT molecular complexity index is 454. The molecule has 0 radical (unpaired) electrons. The summed E-state index contributed by atoms with van der Waals surface area (Å²) in [5, 5.41) is 12.1. The lowest BCUT2D eigenvalue weighted by Crippen LogP contribution is -2.37. The minimum absolute atomic E-state index is 0.0544. The molecule has 0 amide bonds. The molecule has 0 aromatic heterocycles. The second-order valence-electron chi connectivity index (χ2n) is 3.98. The van der Waals surface area contributed by atoms with Gasteiger partial charge in [0.05, 0.1) is 5.02 Å². The van der Waals surface area contributed by atoms with Crippen molar-refractivity contribution in [3.63, 3.8) is 0 Å². The van der Waals surface area contributed by atoms with E-state index in [2.05, 4.69) is 5.32 Å². The van der Waals surface area contributed by atoms with E-state index in [9.17, 15) is 9.18 Å². The average molecular weight is 294 g/mol. The van der Waals surface area contributed by atoms with Crippen LogP contribution in [-0.2, 0) is 4.79 Å². The minimum Gasteiger partial charge on any atom is -0.480 e. The summed E-state index contributed by atoms with van der Waals surface area (Å²) < 4.78 is 13.4. The first kappa shape index (κ1) is 15.2. The Morgan fingerprint density at radius 3 is 2.56 bits per heavy atom. The van der Waals surface area contributed by atoms with Gasteiger partial charge in [-0.15, -0.1) is 0 Å². The maximum Gasteiger partial charge on any atom is 0.320 e. The summed E-state index contributed by atoms with van der Waals surface area (Å²) in [7, 11) is 0. The number of benzene rings is 1. The predicted molar refractivity (Wildman–Crippen MR) is 69.7 cm³/mol. The standard InChI is InChI=1S/C12H14Cl2FNO2/c1-3-11(12(17)18)16-6(2)7-4-10(15)9(14)5-8(7)13/h4-6,11,16H,3H2,1-2H3,(H,17,18). The molecule has 6 heteroatoms. The molecule has 2 atom stereocenters. The van der Waals surface area contributed by atoms with Gasteiger partial charge < -0.3 is 5.11 Å². The normalized spacial score (nSPS) is 14.3. The van der Waals surface area contributed by atoms with E-state index in [1.54, 1.807) is 13.8 Å². The molecule has 0 bridgehead atoms. The van der Waals surface area contributed by atoms with Crippen molar-refractivity contribution < 1.29 is 14.3 Å². The van der Waals surface area contributed by atoms with Crippen LogP contribution in [0.15, 0.2) is 12.1 Å². The maximum absolute atomic E-state index is 13.4. The maximum atomic E-state index is 13.4. The Morgan fingerprint density at radius 1 is 1.44 bits per heavy atom. The minimum atomic E-state index is -0.949. The fraction of sp³-hybridized carbons (Fsp3) is 0.417. The number of hydrogen-bond donors (Lipinski definition) is 2. The Labute approximate surface area is 115 Å². The van der Waals surface area contributed by atoms with Gasteiger partial charge in [-0.2, -0.15) is 0 Å². The second kappa shape index (κ2) is 6.36. The number of halogens is 3. The molecule has 1 rings (SSSR count). The fourth-order valence-corrected chi connectivity index (χ4v) is 2.17. The third kappa shape index (κ3) is 3.57. The van der Waals surface area contributed by atoms with Gasteiger partial charge in [0, 0.05) is 11.1 Å². The van der Waals surface area contributed by atoms with Crippen molar-refractivity contribution in [3.05, 3.63) is 33.6 Å². The van der Waals surface area contributed by atoms with E-state index in [0.29, 0.717) is 17.0 Å². The lowest BCUT2D eigenvalue weighted by Gasteiger charge is -2.20. The van der Waals surface area contributed by atoms with Crippen molar-refractivity contribution in [1.29, 1.82) is 0 Å². The number of nitrogens with one attached hydrogen (secondary N) is 1. The zero-order valence-corrected chi connectivity index (χ0v) is 11.5. The molecule has 2 N–H and O–H groups in total. The number of aliphatic carboxylic acids is 1. The molecule has 0 saturated heterocycles. The van der Waals surface area contributed by atoms with Crippen molar-refractivity contribution in [2.75, 3.05) is 0 Å². The molecule has 0 fully saturated rings. The van der Waals surface area contributed by atoms with Crippen molar-refractivity contribution in [3.8, 4) is 0 Å². The highest BCUT2D eigenvalue weighted by Crippen LogP contribution is 2.28. The van der Waals surface area contributed by atoms with Crippen LogP contribution in [0.25, 0.3) is 0 Å². The highest BCUT2D eigenvalue weighted by atomic mass is 35.5. The van der Waals surface area contributed by atoms with Gasteiger partial charge in [-0.25, -0.2) is 4.39 Å². The van der Waals surface area contributed by atoms with Gasteiger partial charge in [-0.05, 0) is 31.0 Å². The number of carboxylic acids is 1. The van der Waals surface area contributed by atoms with E-state index < -0.39 is 17.8 Å². The van der Waals surface area contributed by atoms with Crippen LogP contribution in [0.3, 0.4) is 0 Å². The summed E-state index contributed by atoms with van der Waals surface area (Å²) in [5.41, 5.74) is 0.485. The van der Waals surface area contributed by atoms with Crippen LogP contribution in [-0.4, -0.2) is 17.1 Å². The van der Waals surface area contributed by atoms with Crippen LogP contribution < -0.4 is 5.32 Å². The second-order valence-corrected chi connectivity index (χ2v) is 4.79. The quantitative estimate of drug-likeness (QED) is 0.815. The zero-order valence-electron chi connectivity index (χ0n) is 10.0. The molecule has 100 valence electrons. The summed E-state index contributed by atoms with van der Waals surface area (Å²) in [6.45, 7) is 3.47. The van der Waals surface area contributed by atoms with E-state index >= 15 is 0 Å². The average Bonchev–Trinajstić information content (AvgIpc) is 2.29. The summed E-state index contributed by atoms with van der Waals surface area (Å²) in [6.07, 6.45) is 0.424. The van der Waals surface area contributed by atoms with E-state index in [0.717, 1.165) is 0 Å². The van der Waals surface area contributed by atoms with Crippen LogP contribution in [0.2, 0.25) is 10.0 Å². The lowest BCUT2D eigenvalue weighted by molar-refractivity contribution is -0.139. The number of carboxylic acid groups (broad SMARTS) is 1. The molecule has 18 heavy (non-hydrogen) atoms. The van der Waals surface area contributed by atoms with Crippen molar-refractivity contribution in [1.82, 2.24) is 5.32 Å². The molecule has 0 aliphatic carbocycles. The summed E-state index contributed by atoms with van der Waals surface area (Å²) >= 11 is 11.6. The zero-order chi connectivity index (χ0) is 13.9. The first-order valence-corrected chi connectivity index (χ1v) is 6.25. The molecule has 0 aliphatic rings. The summed E-state index contributed by atoms with van der Waals surface area (Å²) in [4.78, 5) is 10.9. The topological polar surface area (TPSA) is 49.3 Å². The Morgan fingerprint density at radius 2 is 2.06 bits per heavy atom. The van der Waals surface area contributed by atoms with E-state index in [4.69, 9.17) is 28.3 Å². The third-order valence-corrected chi connectivity index (χ3v) is 3.28. The molecule has 1 aromatic carbocycles. The number of carbonyl (C=O) groups is 1. The van der Waals surface area contributed by atoms with Crippen LogP contribution in [0.4, 0.5) is 4.39 Å². The molecule has 3 nitrogen and oxygen atoms in total. The first-order valence-electron chi connectivity index (χ1n) is 5.50. The summed E-state index contributed by atoms with van der Waals surface area (Å²) in [6, 6.07) is 1.45. The lowest BCUT2D eigenvalue weighted by atomic mass is 10.1. The number of hydrogen-bond acceptors (Lipinski definition) is 2. The van der Waals surface area contributed by atoms with Gasteiger partial charge in [0.2, 0.25) is 0 Å². The van der Waals surface area contributed by atoms with Crippen LogP contribution in [0, 0.1) is 5.82 Å². The Balaban J connectivity index is 2.93. The predicted octanol–water partition coefficient (Wildman–Crippen LogP) is 3.65. The van der Waals surface area contributed by atoms with Gasteiger partial charge in [0.15, 0.2) is 0 Å². The largest absolute Gasteiger partial charge is 0.480 e. The van der Waals surface area contributed by atoms with Crippen molar-refractivity contribution >= 4 is 29.2 Å². The van der Waals surface area contributed by atoms with Crippen LogP contribution in [0.5, 0.6) is 0 Å². The Hall–Kier alpha value is -0.840. The highest BCUT2D eigenvalue weighted by Gasteiger charge is 2.20. The highest BCUT2D eigenvalue weighted by molar-refractivity contribution is 6.35. The molecule has 0 spiro atoms. The molecular formula is C12H14Cl2FNO2. The monoisotopic (exact) mass is 293 g/mol.